The Morgan fingerprint density at radius 1 is 1.00 bits per heavy atom. The van der Waals surface area contributed by atoms with Crippen LogP contribution in [0.15, 0.2) is 50.1 Å². The van der Waals surface area contributed by atoms with Crippen molar-refractivity contribution in [2.24, 2.45) is 0 Å². The van der Waals surface area contributed by atoms with Crippen LogP contribution in [-0.2, 0) is 22.6 Å². The quantitative estimate of drug-likeness (QED) is 0.258. The van der Waals surface area contributed by atoms with Gasteiger partial charge in [0.25, 0.3) is 5.89 Å². The van der Waals surface area contributed by atoms with Gasteiger partial charge >= 0.3 is 11.6 Å². The number of nitrogens with zero attached hydrogens (tertiary/aromatic N) is 2. The summed E-state index contributed by atoms with van der Waals surface area (Å²) in [6, 6.07) is 10.4. The van der Waals surface area contributed by atoms with Crippen LogP contribution >= 0.6 is 0 Å². The molecule has 2 aromatic carbocycles. The average Bonchev–Trinajstić information content (AvgIpc) is 3.35. The molecule has 35 heavy (non-hydrogen) atoms. The van der Waals surface area contributed by atoms with Crippen molar-refractivity contribution < 1.29 is 32.7 Å². The molecule has 10 heteroatoms. The molecule has 4 aromatic rings. The van der Waals surface area contributed by atoms with Gasteiger partial charge in [0.1, 0.15) is 22.8 Å². The summed E-state index contributed by atoms with van der Waals surface area (Å²) in [5, 5.41) is 4.70. The van der Waals surface area contributed by atoms with E-state index in [1.54, 1.807) is 37.4 Å². The number of aryl methyl sites for hydroxylation is 1. The largest absolute Gasteiger partial charge is 0.497 e. The van der Waals surface area contributed by atoms with E-state index in [2.05, 4.69) is 10.1 Å². The lowest BCUT2D eigenvalue weighted by Gasteiger charge is -2.08. The first-order chi connectivity index (χ1) is 16.9. The van der Waals surface area contributed by atoms with Crippen LogP contribution in [0, 0.1) is 6.92 Å². The highest BCUT2D eigenvalue weighted by atomic mass is 16.6. The van der Waals surface area contributed by atoms with Gasteiger partial charge in [0.15, 0.2) is 6.61 Å². The van der Waals surface area contributed by atoms with Crippen molar-refractivity contribution in [1.29, 1.82) is 0 Å². The fourth-order valence-corrected chi connectivity index (χ4v) is 3.64. The Bertz CT molecular complexity index is 1420. The summed E-state index contributed by atoms with van der Waals surface area (Å²) >= 11 is 0. The van der Waals surface area contributed by atoms with Gasteiger partial charge < -0.3 is 27.9 Å². The third kappa shape index (κ3) is 5.11. The van der Waals surface area contributed by atoms with E-state index in [4.69, 9.17) is 27.9 Å². The highest BCUT2D eigenvalue weighted by molar-refractivity contribution is 5.82. The molecule has 0 spiro atoms. The molecule has 10 nitrogen and oxygen atoms in total. The SMILES string of the molecule is COc1ccc(-c2noc(COC(=O)CCc3c(C)c4ccc(OC)cc4oc3=O)n2)c(OC)c1. The van der Waals surface area contributed by atoms with Crippen LogP contribution in [0.2, 0.25) is 0 Å². The van der Waals surface area contributed by atoms with Gasteiger partial charge in [0, 0.05) is 29.5 Å². The van der Waals surface area contributed by atoms with Gasteiger partial charge in [-0.1, -0.05) is 5.16 Å². The monoisotopic (exact) mass is 480 g/mol. The summed E-state index contributed by atoms with van der Waals surface area (Å²) in [5.41, 5.74) is 1.71. The number of ether oxygens (including phenoxy) is 4. The van der Waals surface area contributed by atoms with Crippen molar-refractivity contribution in [3.8, 4) is 28.6 Å². The molecule has 0 saturated heterocycles. The number of aromatic nitrogens is 2. The molecule has 2 heterocycles. The summed E-state index contributed by atoms with van der Waals surface area (Å²) in [5.74, 6) is 1.62. The van der Waals surface area contributed by atoms with Gasteiger partial charge in [-0.05, 0) is 43.2 Å². The van der Waals surface area contributed by atoms with Crippen LogP contribution in [0.4, 0.5) is 0 Å². The van der Waals surface area contributed by atoms with E-state index in [0.29, 0.717) is 34.0 Å². The molecule has 0 bridgehead atoms. The van der Waals surface area contributed by atoms with Gasteiger partial charge in [0.05, 0.1) is 26.9 Å². The van der Waals surface area contributed by atoms with Crippen LogP contribution in [0.3, 0.4) is 0 Å². The lowest BCUT2D eigenvalue weighted by Crippen LogP contribution is -2.14. The second-order valence-electron chi connectivity index (χ2n) is 7.59. The van der Waals surface area contributed by atoms with Crippen LogP contribution in [0.1, 0.15) is 23.4 Å². The fourth-order valence-electron chi connectivity index (χ4n) is 3.64. The minimum Gasteiger partial charge on any atom is -0.497 e. The molecule has 0 saturated carbocycles. The lowest BCUT2D eigenvalue weighted by atomic mass is 10.0. The number of esters is 1. The van der Waals surface area contributed by atoms with Crippen LogP contribution in [-0.4, -0.2) is 37.4 Å². The van der Waals surface area contributed by atoms with Crippen LogP contribution in [0.25, 0.3) is 22.4 Å². The first-order valence-corrected chi connectivity index (χ1v) is 10.7. The molecule has 0 fully saturated rings. The molecule has 0 N–H and O–H groups in total. The minimum absolute atomic E-state index is 0.0133. The topological polar surface area (TPSA) is 123 Å². The lowest BCUT2D eigenvalue weighted by molar-refractivity contribution is -0.145. The van der Waals surface area contributed by atoms with E-state index in [1.165, 1.54) is 14.2 Å². The summed E-state index contributed by atoms with van der Waals surface area (Å²) in [6.07, 6.45) is 0.160. The molecule has 0 unspecified atom stereocenters. The highest BCUT2D eigenvalue weighted by Gasteiger charge is 2.17. The first kappa shape index (κ1) is 23.8. The zero-order chi connectivity index (χ0) is 24.9. The number of hydrogen-bond donors (Lipinski definition) is 0. The van der Waals surface area contributed by atoms with Crippen molar-refractivity contribution in [3.05, 3.63) is 63.8 Å². The van der Waals surface area contributed by atoms with E-state index < -0.39 is 11.6 Å². The number of carbonyl (C=O) groups is 1. The molecule has 0 aliphatic rings. The maximum absolute atomic E-state index is 12.5. The van der Waals surface area contributed by atoms with Crippen molar-refractivity contribution >= 4 is 16.9 Å². The zero-order valence-corrected chi connectivity index (χ0v) is 19.7. The Kier molecular flexibility index (Phi) is 7.00. The maximum Gasteiger partial charge on any atom is 0.339 e. The van der Waals surface area contributed by atoms with Crippen molar-refractivity contribution in [2.45, 2.75) is 26.4 Å². The Labute approximate surface area is 200 Å². The molecular formula is C25H24N2O8. The zero-order valence-electron chi connectivity index (χ0n) is 19.7. The third-order valence-corrected chi connectivity index (χ3v) is 5.55. The van der Waals surface area contributed by atoms with Crippen molar-refractivity contribution in [1.82, 2.24) is 10.1 Å². The van der Waals surface area contributed by atoms with Gasteiger partial charge in [-0.15, -0.1) is 0 Å². The summed E-state index contributed by atoms with van der Waals surface area (Å²) in [6.45, 7) is 1.62. The molecular weight excluding hydrogens is 456 g/mol. The Balaban J connectivity index is 1.39. The molecule has 4 rings (SSSR count). The summed E-state index contributed by atoms with van der Waals surface area (Å²) in [7, 11) is 4.62. The van der Waals surface area contributed by atoms with Gasteiger partial charge in [-0.25, -0.2) is 4.79 Å². The predicted molar refractivity (Wildman–Crippen MR) is 125 cm³/mol. The number of fused-ring (bicyclic) bond motifs is 1. The molecule has 0 atom stereocenters. The van der Waals surface area contributed by atoms with Crippen LogP contribution < -0.4 is 19.8 Å². The van der Waals surface area contributed by atoms with Gasteiger partial charge in [-0.3, -0.25) is 4.79 Å². The van der Waals surface area contributed by atoms with Gasteiger partial charge in [-0.2, -0.15) is 4.98 Å². The molecule has 0 aliphatic heterocycles. The number of hydrogen-bond acceptors (Lipinski definition) is 10. The Morgan fingerprint density at radius 3 is 2.49 bits per heavy atom. The molecule has 182 valence electrons. The van der Waals surface area contributed by atoms with Crippen LogP contribution in [0.5, 0.6) is 17.2 Å². The predicted octanol–water partition coefficient (Wildman–Crippen LogP) is 3.85. The molecule has 2 aromatic heterocycles. The van der Waals surface area contributed by atoms with E-state index in [-0.39, 0.29) is 31.2 Å². The molecule has 0 radical (unpaired) electrons. The minimum atomic E-state index is -0.514. The number of methoxy groups -OCH3 is 3. The number of carbonyl (C=O) groups excluding carboxylic acids is 1. The highest BCUT2D eigenvalue weighted by Crippen LogP contribution is 2.31. The number of benzene rings is 2. The Morgan fingerprint density at radius 2 is 1.74 bits per heavy atom. The average molecular weight is 480 g/mol. The third-order valence-electron chi connectivity index (χ3n) is 5.55. The summed E-state index contributed by atoms with van der Waals surface area (Å²) < 4.78 is 31.6. The van der Waals surface area contributed by atoms with Crippen molar-refractivity contribution in [2.75, 3.05) is 21.3 Å². The fraction of sp³-hybridized carbons (Fsp3) is 0.280. The summed E-state index contributed by atoms with van der Waals surface area (Å²) in [4.78, 5) is 29.0. The molecule has 0 amide bonds. The second kappa shape index (κ2) is 10.3. The normalized spacial score (nSPS) is 10.9. The smallest absolute Gasteiger partial charge is 0.339 e. The second-order valence-corrected chi connectivity index (χ2v) is 7.59. The van der Waals surface area contributed by atoms with E-state index in [0.717, 1.165) is 10.9 Å². The van der Waals surface area contributed by atoms with E-state index in [9.17, 15) is 9.59 Å². The van der Waals surface area contributed by atoms with E-state index >= 15 is 0 Å². The molecule has 0 aliphatic carbocycles. The first-order valence-electron chi connectivity index (χ1n) is 10.7. The standard InChI is InChI=1S/C25H24N2O8/c1-14-17-7-5-16(31-3)12-21(17)34-25(29)18(14)9-10-23(28)33-13-22-26-24(27-35-22)19-8-6-15(30-2)11-20(19)32-4/h5-8,11-12H,9-10,13H2,1-4H3. The maximum atomic E-state index is 12.5. The van der Waals surface area contributed by atoms with Gasteiger partial charge in [0.2, 0.25) is 5.82 Å². The Hall–Kier alpha value is -4.34. The van der Waals surface area contributed by atoms with E-state index in [1.807, 2.05) is 13.0 Å². The van der Waals surface area contributed by atoms with Crippen molar-refractivity contribution in [3.63, 3.8) is 0 Å². The number of rotatable bonds is 9.